The smallest absolute Gasteiger partial charge is 0.255 e. The molecule has 3 nitrogen and oxygen atoms in total. The van der Waals surface area contributed by atoms with Crippen LogP contribution in [0.1, 0.15) is 48.5 Å². The Morgan fingerprint density at radius 3 is 2.63 bits per heavy atom. The molecule has 0 atom stereocenters. The number of aliphatic hydroxyl groups is 1. The van der Waals surface area contributed by atoms with Crippen LogP contribution in [0.3, 0.4) is 0 Å². The lowest BCUT2D eigenvalue weighted by atomic mass is 9.97. The van der Waals surface area contributed by atoms with Crippen LogP contribution in [0.5, 0.6) is 0 Å². The number of aliphatic hydroxyl groups excluding tert-OH is 1. The highest BCUT2D eigenvalue weighted by atomic mass is 35.5. The fourth-order valence-electron chi connectivity index (χ4n) is 3.22. The molecule has 0 spiro atoms. The summed E-state index contributed by atoms with van der Waals surface area (Å²) in [6.07, 6.45) is 4.37. The molecule has 1 amide bonds. The van der Waals surface area contributed by atoms with Gasteiger partial charge in [0.25, 0.3) is 5.91 Å². The first kappa shape index (κ1) is 20.2. The molecule has 2 aromatic rings. The molecule has 0 heterocycles. The maximum absolute atomic E-state index is 13.3. The van der Waals surface area contributed by atoms with Crippen molar-refractivity contribution in [2.75, 3.05) is 5.32 Å². The number of carbonyl (C=O) groups is 1. The lowest BCUT2D eigenvalue weighted by Gasteiger charge is -2.25. The van der Waals surface area contributed by atoms with Crippen molar-refractivity contribution >= 4 is 35.0 Å². The second-order valence-electron chi connectivity index (χ2n) is 6.81. The van der Waals surface area contributed by atoms with Gasteiger partial charge < -0.3 is 10.4 Å². The summed E-state index contributed by atoms with van der Waals surface area (Å²) >= 11 is 7.58. The van der Waals surface area contributed by atoms with Crippen LogP contribution in [0.15, 0.2) is 41.3 Å². The van der Waals surface area contributed by atoms with Crippen LogP contribution in [0.4, 0.5) is 10.1 Å². The van der Waals surface area contributed by atoms with E-state index in [4.69, 9.17) is 11.6 Å². The predicted molar refractivity (Wildman–Crippen MR) is 109 cm³/mol. The molecule has 0 aliphatic heterocycles. The van der Waals surface area contributed by atoms with E-state index in [0.29, 0.717) is 16.5 Å². The van der Waals surface area contributed by atoms with Gasteiger partial charge in [-0.3, -0.25) is 4.79 Å². The van der Waals surface area contributed by atoms with Crippen molar-refractivity contribution in [3.05, 3.63) is 58.4 Å². The monoisotopic (exact) mass is 407 g/mol. The first-order valence-corrected chi connectivity index (χ1v) is 10.5. The second-order valence-corrected chi connectivity index (χ2v) is 8.56. The highest BCUT2D eigenvalue weighted by Gasteiger charge is 2.21. The number of rotatable bonds is 5. The second kappa shape index (κ2) is 9.09. The molecule has 1 aliphatic carbocycles. The van der Waals surface area contributed by atoms with Gasteiger partial charge in [-0.2, -0.15) is 0 Å². The molecule has 3 rings (SSSR count). The summed E-state index contributed by atoms with van der Waals surface area (Å²) < 4.78 is 13.3. The minimum atomic E-state index is -0.516. The van der Waals surface area contributed by atoms with Crippen molar-refractivity contribution in [1.82, 2.24) is 0 Å². The Kier molecular flexibility index (Phi) is 6.79. The van der Waals surface area contributed by atoms with Gasteiger partial charge in [0.15, 0.2) is 0 Å². The zero-order chi connectivity index (χ0) is 19.4. The first-order chi connectivity index (χ1) is 13.0. The number of hydrogen-bond donors (Lipinski definition) is 2. The van der Waals surface area contributed by atoms with E-state index in [1.165, 1.54) is 23.8 Å². The van der Waals surface area contributed by atoms with Crippen molar-refractivity contribution in [3.63, 3.8) is 0 Å². The quantitative estimate of drug-likeness (QED) is 0.669. The molecule has 0 aromatic heterocycles. The molecule has 144 valence electrons. The molecule has 0 radical (unpaired) electrons. The van der Waals surface area contributed by atoms with Gasteiger partial charge in [0.2, 0.25) is 0 Å². The molecule has 2 aromatic carbocycles. The summed E-state index contributed by atoms with van der Waals surface area (Å²) in [6, 6.07) is 9.85. The number of hydrogen-bond acceptors (Lipinski definition) is 3. The number of carbonyl (C=O) groups excluding carboxylic acids is 1. The summed E-state index contributed by atoms with van der Waals surface area (Å²) in [7, 11) is 0. The van der Waals surface area contributed by atoms with E-state index in [-0.39, 0.29) is 17.0 Å². The highest BCUT2D eigenvalue weighted by Crippen LogP contribution is 2.36. The summed E-state index contributed by atoms with van der Waals surface area (Å²) in [5.74, 6) is -0.764. The minimum absolute atomic E-state index is 0.0233. The zero-order valence-electron chi connectivity index (χ0n) is 15.2. The Balaban J connectivity index is 1.75. The summed E-state index contributed by atoms with van der Waals surface area (Å²) in [4.78, 5) is 13.7. The lowest BCUT2D eigenvalue weighted by Crippen LogP contribution is -2.19. The van der Waals surface area contributed by atoms with Crippen molar-refractivity contribution in [3.8, 4) is 0 Å². The van der Waals surface area contributed by atoms with Crippen LogP contribution in [0.25, 0.3) is 0 Å². The lowest BCUT2D eigenvalue weighted by molar-refractivity contribution is 0.102. The van der Waals surface area contributed by atoms with Crippen molar-refractivity contribution in [1.29, 1.82) is 0 Å². The number of thioether (sulfide) groups is 1. The zero-order valence-corrected chi connectivity index (χ0v) is 16.7. The first-order valence-electron chi connectivity index (χ1n) is 9.20. The molecule has 2 N–H and O–H groups in total. The summed E-state index contributed by atoms with van der Waals surface area (Å²) in [5, 5.41) is 12.9. The topological polar surface area (TPSA) is 49.3 Å². The summed E-state index contributed by atoms with van der Waals surface area (Å²) in [6.45, 7) is 2.10. The van der Waals surface area contributed by atoms with E-state index in [1.54, 1.807) is 11.8 Å². The number of benzene rings is 2. The van der Waals surface area contributed by atoms with Gasteiger partial charge in [0, 0.05) is 21.4 Å². The molecule has 1 fully saturated rings. The van der Waals surface area contributed by atoms with Gasteiger partial charge in [-0.15, -0.1) is 11.8 Å². The average Bonchev–Trinajstić information content (AvgIpc) is 2.66. The summed E-state index contributed by atoms with van der Waals surface area (Å²) in [5.41, 5.74) is 2.24. The molecular formula is C21H23ClFNO2S. The molecule has 0 unspecified atom stereocenters. The van der Waals surface area contributed by atoms with Gasteiger partial charge in [-0.05, 0) is 68.0 Å². The number of nitrogens with one attached hydrogen (secondary N) is 1. The largest absolute Gasteiger partial charge is 0.393 e. The van der Waals surface area contributed by atoms with E-state index in [2.05, 4.69) is 12.2 Å². The van der Waals surface area contributed by atoms with Gasteiger partial charge >= 0.3 is 0 Å². The molecule has 27 heavy (non-hydrogen) atoms. The highest BCUT2D eigenvalue weighted by molar-refractivity contribution is 8.00. The van der Waals surface area contributed by atoms with Crippen LogP contribution in [-0.4, -0.2) is 22.4 Å². The molecule has 0 bridgehead atoms. The Bertz CT molecular complexity index is 822. The molecule has 0 saturated heterocycles. The van der Waals surface area contributed by atoms with Crippen LogP contribution in [-0.2, 0) is 6.42 Å². The van der Waals surface area contributed by atoms with Crippen molar-refractivity contribution in [2.24, 2.45) is 0 Å². The van der Waals surface area contributed by atoms with Crippen LogP contribution in [0, 0.1) is 5.82 Å². The number of aryl methyl sites for hydroxylation is 1. The fraction of sp³-hybridized carbons (Fsp3) is 0.381. The van der Waals surface area contributed by atoms with E-state index >= 15 is 0 Å². The van der Waals surface area contributed by atoms with Crippen molar-refractivity contribution < 1.29 is 14.3 Å². The van der Waals surface area contributed by atoms with Crippen LogP contribution >= 0.6 is 23.4 Å². The maximum Gasteiger partial charge on any atom is 0.255 e. The third-order valence-corrected chi connectivity index (χ3v) is 6.55. The third kappa shape index (κ3) is 5.24. The number of amides is 1. The third-order valence-electron chi connectivity index (χ3n) is 4.83. The van der Waals surface area contributed by atoms with Crippen LogP contribution < -0.4 is 5.32 Å². The maximum atomic E-state index is 13.3. The van der Waals surface area contributed by atoms with Crippen molar-refractivity contribution in [2.45, 2.75) is 55.3 Å². The van der Waals surface area contributed by atoms with Gasteiger partial charge in [-0.1, -0.05) is 24.6 Å². The fourth-order valence-corrected chi connectivity index (χ4v) is 4.82. The number of anilines is 1. The molecule has 1 aliphatic rings. The Morgan fingerprint density at radius 1 is 1.22 bits per heavy atom. The van der Waals surface area contributed by atoms with Crippen LogP contribution in [0.2, 0.25) is 5.02 Å². The van der Waals surface area contributed by atoms with E-state index in [9.17, 15) is 14.3 Å². The Labute approximate surface area is 168 Å². The van der Waals surface area contributed by atoms with Gasteiger partial charge in [0.1, 0.15) is 5.82 Å². The molecule has 1 saturated carbocycles. The van der Waals surface area contributed by atoms with E-state index in [1.807, 2.05) is 18.2 Å². The molecule has 6 heteroatoms. The standard InChI is InChI=1S/C21H23ClFNO2S/c1-2-13-3-4-14(11-20(13)27-17-8-6-16(25)7-9-17)21(26)24-15-5-10-19(23)18(22)12-15/h3-5,10-12,16-17,25H,2,6-9H2,1H3,(H,24,26). The Hall–Kier alpha value is -1.56. The minimum Gasteiger partial charge on any atom is -0.393 e. The van der Waals surface area contributed by atoms with E-state index in [0.717, 1.165) is 37.0 Å². The SMILES string of the molecule is CCc1ccc(C(=O)Nc2ccc(F)c(Cl)c2)cc1SC1CCC(O)CC1. The number of halogens is 2. The van der Waals surface area contributed by atoms with Gasteiger partial charge in [-0.25, -0.2) is 4.39 Å². The normalized spacial score (nSPS) is 19.7. The van der Waals surface area contributed by atoms with Gasteiger partial charge in [0.05, 0.1) is 11.1 Å². The average molecular weight is 408 g/mol. The Morgan fingerprint density at radius 2 is 1.96 bits per heavy atom. The van der Waals surface area contributed by atoms with E-state index < -0.39 is 5.82 Å². The molecular weight excluding hydrogens is 385 g/mol. The predicted octanol–water partition coefficient (Wildman–Crippen LogP) is 5.69.